The van der Waals surface area contributed by atoms with Crippen molar-refractivity contribution in [1.29, 1.82) is 0 Å². The molecule has 0 atom stereocenters. The molecule has 0 radical (unpaired) electrons. The zero-order valence-electron chi connectivity index (χ0n) is 10.3. The van der Waals surface area contributed by atoms with Crippen molar-refractivity contribution < 1.29 is 9.90 Å². The van der Waals surface area contributed by atoms with Gasteiger partial charge in [0.2, 0.25) is 0 Å². The summed E-state index contributed by atoms with van der Waals surface area (Å²) >= 11 is 0. The van der Waals surface area contributed by atoms with Crippen molar-refractivity contribution in [2.75, 3.05) is 14.1 Å². The second-order valence-electron chi connectivity index (χ2n) is 4.18. The molecule has 0 aliphatic carbocycles. The minimum atomic E-state index is -0.0751. The van der Waals surface area contributed by atoms with E-state index in [1.807, 2.05) is 18.2 Å². The lowest BCUT2D eigenvalue weighted by atomic mass is 10.0. The van der Waals surface area contributed by atoms with Gasteiger partial charge in [-0.05, 0) is 17.7 Å². The summed E-state index contributed by atoms with van der Waals surface area (Å²) in [5.41, 5.74) is 2.08. The van der Waals surface area contributed by atoms with Gasteiger partial charge in [0, 0.05) is 31.4 Å². The van der Waals surface area contributed by atoms with Gasteiger partial charge < -0.3 is 10.0 Å². The van der Waals surface area contributed by atoms with Crippen LogP contribution in [-0.2, 0) is 0 Å². The molecule has 1 N–H and O–H groups in total. The van der Waals surface area contributed by atoms with Crippen LogP contribution in [0.15, 0.2) is 42.7 Å². The predicted molar refractivity (Wildman–Crippen MR) is 69.4 cm³/mol. The Bertz CT molecular complexity index is 580. The molecule has 2 aromatic rings. The molecule has 1 amide bonds. The van der Waals surface area contributed by atoms with Gasteiger partial charge in [-0.15, -0.1) is 0 Å². The van der Waals surface area contributed by atoms with Crippen molar-refractivity contribution in [1.82, 2.24) is 9.88 Å². The highest BCUT2D eigenvalue weighted by molar-refractivity contribution is 6.00. The highest BCUT2D eigenvalue weighted by Gasteiger charge is 2.14. The normalized spacial score (nSPS) is 10.1. The number of nitrogens with zero attached hydrogens (tertiary/aromatic N) is 2. The van der Waals surface area contributed by atoms with Crippen LogP contribution in [0.2, 0.25) is 0 Å². The van der Waals surface area contributed by atoms with Crippen molar-refractivity contribution in [2.45, 2.75) is 0 Å². The van der Waals surface area contributed by atoms with E-state index in [1.54, 1.807) is 32.4 Å². The first-order valence-electron chi connectivity index (χ1n) is 5.54. The number of hydrogen-bond acceptors (Lipinski definition) is 3. The number of hydrogen-bond donors (Lipinski definition) is 1. The lowest BCUT2D eigenvalue weighted by Crippen LogP contribution is -2.22. The van der Waals surface area contributed by atoms with Gasteiger partial charge in [0.05, 0.1) is 6.20 Å². The molecule has 4 nitrogen and oxygen atoms in total. The molecule has 0 bridgehead atoms. The summed E-state index contributed by atoms with van der Waals surface area (Å²) in [6, 6.07) is 8.87. The van der Waals surface area contributed by atoms with Crippen LogP contribution in [0, 0.1) is 0 Å². The van der Waals surface area contributed by atoms with Gasteiger partial charge in [-0.2, -0.15) is 0 Å². The highest BCUT2D eigenvalue weighted by atomic mass is 16.3. The summed E-state index contributed by atoms with van der Waals surface area (Å²) in [6.45, 7) is 0. The predicted octanol–water partition coefficient (Wildman–Crippen LogP) is 2.16. The van der Waals surface area contributed by atoms with Gasteiger partial charge in [0.15, 0.2) is 0 Å². The van der Waals surface area contributed by atoms with Crippen molar-refractivity contribution >= 4 is 5.91 Å². The third-order valence-corrected chi connectivity index (χ3v) is 2.60. The van der Waals surface area contributed by atoms with Crippen molar-refractivity contribution in [3.8, 4) is 16.9 Å². The monoisotopic (exact) mass is 242 g/mol. The lowest BCUT2D eigenvalue weighted by Gasteiger charge is -2.14. The summed E-state index contributed by atoms with van der Waals surface area (Å²) in [6.07, 6.45) is 2.99. The summed E-state index contributed by atoms with van der Waals surface area (Å²) in [5, 5.41) is 9.46. The van der Waals surface area contributed by atoms with E-state index in [0.29, 0.717) is 5.56 Å². The van der Waals surface area contributed by atoms with Crippen LogP contribution in [0.3, 0.4) is 0 Å². The van der Waals surface area contributed by atoms with Gasteiger partial charge in [-0.25, -0.2) is 0 Å². The maximum atomic E-state index is 12.1. The van der Waals surface area contributed by atoms with Crippen LogP contribution in [0.25, 0.3) is 11.1 Å². The number of carbonyl (C=O) groups excluding carboxylic acids is 1. The first-order valence-corrected chi connectivity index (χ1v) is 5.54. The molecule has 1 aromatic carbocycles. The molecule has 0 unspecified atom stereocenters. The van der Waals surface area contributed by atoms with Crippen LogP contribution in [0.1, 0.15) is 10.4 Å². The second kappa shape index (κ2) is 4.87. The first-order chi connectivity index (χ1) is 8.59. The number of carbonyl (C=O) groups is 1. The van der Waals surface area contributed by atoms with E-state index in [9.17, 15) is 9.90 Å². The number of benzene rings is 1. The Balaban J connectivity index is 2.55. The largest absolute Gasteiger partial charge is 0.506 e. The van der Waals surface area contributed by atoms with E-state index < -0.39 is 0 Å². The molecule has 1 heterocycles. The summed E-state index contributed by atoms with van der Waals surface area (Å²) in [5.74, 6) is 0.00791. The summed E-state index contributed by atoms with van der Waals surface area (Å²) < 4.78 is 0. The minimum Gasteiger partial charge on any atom is -0.506 e. The number of aromatic hydroxyl groups is 1. The average molecular weight is 242 g/mol. The standard InChI is InChI=1S/C14H14N2O2/c1-16(2)14(18)13-6-4-3-5-12(13)10-7-11(17)9-15-8-10/h3-9,17H,1-2H3. The Hall–Kier alpha value is -2.36. The molecule has 4 heteroatoms. The number of aromatic nitrogens is 1. The molecule has 0 saturated heterocycles. The van der Waals surface area contributed by atoms with E-state index in [1.165, 1.54) is 11.1 Å². The quantitative estimate of drug-likeness (QED) is 0.878. The van der Waals surface area contributed by atoms with E-state index in [4.69, 9.17) is 0 Å². The van der Waals surface area contributed by atoms with Gasteiger partial charge in [-0.1, -0.05) is 18.2 Å². The van der Waals surface area contributed by atoms with Crippen LogP contribution in [0.5, 0.6) is 5.75 Å². The van der Waals surface area contributed by atoms with Crippen LogP contribution < -0.4 is 0 Å². The van der Waals surface area contributed by atoms with Crippen LogP contribution in [-0.4, -0.2) is 35.0 Å². The van der Waals surface area contributed by atoms with Gasteiger partial charge in [0.1, 0.15) is 5.75 Å². The third-order valence-electron chi connectivity index (χ3n) is 2.60. The van der Waals surface area contributed by atoms with Gasteiger partial charge in [0.25, 0.3) is 5.91 Å². The maximum absolute atomic E-state index is 12.1. The SMILES string of the molecule is CN(C)C(=O)c1ccccc1-c1cncc(O)c1. The fourth-order valence-corrected chi connectivity index (χ4v) is 1.74. The molecule has 0 saturated carbocycles. The number of amides is 1. The molecule has 2 rings (SSSR count). The third kappa shape index (κ3) is 2.32. The molecule has 0 aliphatic heterocycles. The molecule has 0 spiro atoms. The number of pyridine rings is 1. The Labute approximate surface area is 106 Å². The fourth-order valence-electron chi connectivity index (χ4n) is 1.74. The van der Waals surface area contributed by atoms with Crippen LogP contribution in [0.4, 0.5) is 0 Å². The average Bonchev–Trinajstić information content (AvgIpc) is 2.38. The zero-order chi connectivity index (χ0) is 13.1. The maximum Gasteiger partial charge on any atom is 0.253 e. The van der Waals surface area contributed by atoms with E-state index >= 15 is 0 Å². The molecule has 1 aromatic heterocycles. The zero-order valence-corrected chi connectivity index (χ0v) is 10.3. The number of rotatable bonds is 2. The van der Waals surface area contributed by atoms with E-state index in [-0.39, 0.29) is 11.7 Å². The lowest BCUT2D eigenvalue weighted by molar-refractivity contribution is 0.0828. The van der Waals surface area contributed by atoms with Crippen molar-refractivity contribution in [3.05, 3.63) is 48.3 Å². The van der Waals surface area contributed by atoms with Crippen LogP contribution >= 0.6 is 0 Å². The highest BCUT2D eigenvalue weighted by Crippen LogP contribution is 2.26. The second-order valence-corrected chi connectivity index (χ2v) is 4.18. The van der Waals surface area contributed by atoms with E-state index in [2.05, 4.69) is 4.98 Å². The Kier molecular flexibility index (Phi) is 3.28. The summed E-state index contributed by atoms with van der Waals surface area (Å²) in [7, 11) is 3.42. The smallest absolute Gasteiger partial charge is 0.253 e. The minimum absolute atomic E-state index is 0.0751. The summed E-state index contributed by atoms with van der Waals surface area (Å²) in [4.78, 5) is 17.5. The topological polar surface area (TPSA) is 53.4 Å². The van der Waals surface area contributed by atoms with Gasteiger partial charge >= 0.3 is 0 Å². The Morgan fingerprint density at radius 2 is 1.94 bits per heavy atom. The van der Waals surface area contributed by atoms with Crippen molar-refractivity contribution in [3.63, 3.8) is 0 Å². The van der Waals surface area contributed by atoms with E-state index in [0.717, 1.165) is 11.1 Å². The molecule has 0 fully saturated rings. The van der Waals surface area contributed by atoms with Crippen molar-refractivity contribution in [2.24, 2.45) is 0 Å². The fraction of sp³-hybridized carbons (Fsp3) is 0.143. The Morgan fingerprint density at radius 3 is 2.61 bits per heavy atom. The van der Waals surface area contributed by atoms with Gasteiger partial charge in [-0.3, -0.25) is 9.78 Å². The first kappa shape index (κ1) is 12.1. The molecule has 0 aliphatic rings. The molecule has 18 heavy (non-hydrogen) atoms. The molecular weight excluding hydrogens is 228 g/mol. The Morgan fingerprint density at radius 1 is 1.22 bits per heavy atom. The molecule has 92 valence electrons. The molecular formula is C14H14N2O2.